The maximum absolute atomic E-state index is 13.1. The molecule has 0 N–H and O–H groups in total. The highest BCUT2D eigenvalue weighted by molar-refractivity contribution is 6.92. The monoisotopic (exact) mass is 560 g/mol. The van der Waals surface area contributed by atoms with Gasteiger partial charge in [0, 0.05) is 12.8 Å². The van der Waals surface area contributed by atoms with Gasteiger partial charge < -0.3 is 16.5 Å². The maximum Gasteiger partial charge on any atom is 0.389 e. The smallest absolute Gasteiger partial charge is 0.389 e. The molecule has 15 heteroatoms. The van der Waals surface area contributed by atoms with Crippen LogP contribution in [0, 0.1) is 0 Å². The molecule has 0 aliphatic carbocycles. The van der Waals surface area contributed by atoms with Crippen LogP contribution < -0.4 is 0 Å². The third kappa shape index (κ3) is 15.2. The summed E-state index contributed by atoms with van der Waals surface area (Å²) >= 11 is 0. The highest BCUT2D eigenvalue weighted by Crippen LogP contribution is 2.38. The van der Waals surface area contributed by atoms with Crippen molar-refractivity contribution < 1.29 is 42.8 Å². The van der Waals surface area contributed by atoms with Gasteiger partial charge in [0.15, 0.2) is 16.6 Å². The maximum atomic E-state index is 13.1. The molecule has 0 aromatic heterocycles. The minimum Gasteiger partial charge on any atom is -0.437 e. The fourth-order valence-electron chi connectivity index (χ4n) is 3.29. The van der Waals surface area contributed by atoms with Crippen molar-refractivity contribution in [2.45, 2.75) is 96.2 Å². The van der Waals surface area contributed by atoms with Gasteiger partial charge in [0.2, 0.25) is 0 Å². The molecule has 4 nitrogen and oxygen atoms in total. The highest BCUT2D eigenvalue weighted by Gasteiger charge is 2.52. The Balaban J connectivity index is 6.20. The average Bonchev–Trinajstić information content (AvgIpc) is 2.45. The molecule has 0 amide bonds. The van der Waals surface area contributed by atoms with Crippen LogP contribution in [0.5, 0.6) is 0 Å². The van der Waals surface area contributed by atoms with E-state index in [4.69, 9.17) is 16.5 Å². The Labute approximate surface area is 193 Å². The van der Waals surface area contributed by atoms with Gasteiger partial charge >= 0.3 is 38.0 Å². The second-order valence-electron chi connectivity index (χ2n) is 10.4. The Kier molecular flexibility index (Phi) is 11.0. The number of halogens is 6. The molecular formula is C17H38F6O4Si5. The molecular weight excluding hydrogens is 523 g/mol. The summed E-state index contributed by atoms with van der Waals surface area (Å²) in [6, 6.07) is -1.26. The molecule has 0 bridgehead atoms. The molecule has 0 aromatic rings. The van der Waals surface area contributed by atoms with Crippen molar-refractivity contribution in [2.75, 3.05) is 0 Å². The van der Waals surface area contributed by atoms with Gasteiger partial charge in [0.05, 0.1) is 0 Å². The second kappa shape index (κ2) is 10.9. The largest absolute Gasteiger partial charge is 0.437 e. The lowest BCUT2D eigenvalue weighted by Gasteiger charge is -2.44. The molecule has 0 spiro atoms. The standard InChI is InChI=1S/C17H38F6O4Si5/c1-11-31(10,26-30(8,9)24-28(2,3)4)27-32(25-29(5,6)7,14-12-16(18,19)20)15-13-17(21,22)23/h11H,1,12-15H2,2-10H3. The lowest BCUT2D eigenvalue weighted by molar-refractivity contribution is -0.133. The second-order valence-corrected chi connectivity index (χ2v) is 30.2. The molecule has 0 rings (SSSR count). The van der Waals surface area contributed by atoms with Gasteiger partial charge in [-0.05, 0) is 71.0 Å². The third-order valence-corrected chi connectivity index (χ3v) is 21.6. The molecule has 1 atom stereocenters. The van der Waals surface area contributed by atoms with Gasteiger partial charge in [0.25, 0.3) is 0 Å². The van der Waals surface area contributed by atoms with E-state index in [1.807, 2.05) is 19.6 Å². The molecule has 0 aromatic carbocycles. The summed E-state index contributed by atoms with van der Waals surface area (Å²) in [6.45, 7) is 20.0. The first-order chi connectivity index (χ1) is 13.8. The lowest BCUT2D eigenvalue weighted by Crippen LogP contribution is -2.61. The number of rotatable bonds is 13. The summed E-state index contributed by atoms with van der Waals surface area (Å²) in [4.78, 5) is 0. The van der Waals surface area contributed by atoms with Gasteiger partial charge in [-0.25, -0.2) is 0 Å². The predicted octanol–water partition coefficient (Wildman–Crippen LogP) is 7.57. The first kappa shape index (κ1) is 32.2. The van der Waals surface area contributed by atoms with Crippen molar-refractivity contribution in [2.24, 2.45) is 0 Å². The van der Waals surface area contributed by atoms with Gasteiger partial charge in [-0.1, -0.05) is 5.70 Å². The minimum atomic E-state index is -4.55. The molecule has 0 radical (unpaired) electrons. The number of hydrogen-bond donors (Lipinski definition) is 0. The van der Waals surface area contributed by atoms with Crippen LogP contribution >= 0.6 is 0 Å². The summed E-state index contributed by atoms with van der Waals surface area (Å²) < 4.78 is 103. The summed E-state index contributed by atoms with van der Waals surface area (Å²) in [6.07, 6.45) is -11.7. The summed E-state index contributed by atoms with van der Waals surface area (Å²) in [5.41, 5.74) is 1.39. The summed E-state index contributed by atoms with van der Waals surface area (Å²) in [5.74, 6) is 0. The van der Waals surface area contributed by atoms with Gasteiger partial charge in [-0.3, -0.25) is 0 Å². The molecule has 0 saturated carbocycles. The number of alkyl halides is 6. The summed E-state index contributed by atoms with van der Waals surface area (Å²) in [7, 11) is -14.8. The van der Waals surface area contributed by atoms with Crippen LogP contribution in [0.2, 0.25) is 71.0 Å². The van der Waals surface area contributed by atoms with E-state index in [-0.39, 0.29) is 0 Å². The molecule has 192 valence electrons. The Hall–Kier alpha value is 0.244. The van der Waals surface area contributed by atoms with Crippen LogP contribution in [0.3, 0.4) is 0 Å². The Morgan fingerprint density at radius 2 is 1.00 bits per heavy atom. The van der Waals surface area contributed by atoms with Gasteiger partial charge in [-0.2, -0.15) is 26.3 Å². The first-order valence-electron chi connectivity index (χ1n) is 10.4. The first-order valence-corrected chi connectivity index (χ1v) is 24.6. The molecule has 0 fully saturated rings. The van der Waals surface area contributed by atoms with E-state index in [1.165, 1.54) is 5.70 Å². The van der Waals surface area contributed by atoms with Crippen molar-refractivity contribution in [1.29, 1.82) is 0 Å². The zero-order valence-electron chi connectivity index (χ0n) is 20.5. The molecule has 0 aliphatic rings. The van der Waals surface area contributed by atoms with Crippen LogP contribution in [0.1, 0.15) is 12.8 Å². The van der Waals surface area contributed by atoms with E-state index in [0.717, 1.165) is 0 Å². The Morgan fingerprint density at radius 1 is 0.625 bits per heavy atom. The van der Waals surface area contributed by atoms with E-state index in [2.05, 4.69) is 6.58 Å². The normalized spacial score (nSPS) is 16.7. The molecule has 0 heterocycles. The zero-order valence-corrected chi connectivity index (χ0v) is 25.5. The van der Waals surface area contributed by atoms with Crippen LogP contribution in [-0.2, 0) is 16.5 Å². The molecule has 0 aliphatic heterocycles. The molecule has 0 saturated heterocycles. The van der Waals surface area contributed by atoms with Crippen LogP contribution in [0.15, 0.2) is 12.3 Å². The van der Waals surface area contributed by atoms with E-state index in [1.54, 1.807) is 39.3 Å². The van der Waals surface area contributed by atoms with Crippen LogP contribution in [-0.4, -0.2) is 54.7 Å². The minimum absolute atomic E-state index is 0.631. The van der Waals surface area contributed by atoms with E-state index < -0.39 is 79.6 Å². The van der Waals surface area contributed by atoms with E-state index in [9.17, 15) is 26.3 Å². The quantitative estimate of drug-likeness (QED) is 0.172. The van der Waals surface area contributed by atoms with E-state index in [0.29, 0.717) is 0 Å². The van der Waals surface area contributed by atoms with Crippen molar-refractivity contribution in [1.82, 2.24) is 0 Å². The predicted molar refractivity (Wildman–Crippen MR) is 127 cm³/mol. The van der Waals surface area contributed by atoms with Crippen molar-refractivity contribution >= 4 is 42.3 Å². The van der Waals surface area contributed by atoms with Gasteiger partial charge in [-0.15, -0.1) is 6.58 Å². The average molecular weight is 561 g/mol. The Bertz CT molecular complexity index is 599. The lowest BCUT2D eigenvalue weighted by atomic mass is 10.5. The fraction of sp³-hybridized carbons (Fsp3) is 0.882. The van der Waals surface area contributed by atoms with Gasteiger partial charge in [0.1, 0.15) is 0 Å². The van der Waals surface area contributed by atoms with Crippen molar-refractivity contribution in [3.05, 3.63) is 12.3 Å². The van der Waals surface area contributed by atoms with Crippen LogP contribution in [0.25, 0.3) is 0 Å². The van der Waals surface area contributed by atoms with Crippen LogP contribution in [0.4, 0.5) is 26.3 Å². The third-order valence-electron chi connectivity index (χ3n) is 3.83. The molecule has 32 heavy (non-hydrogen) atoms. The number of hydrogen-bond acceptors (Lipinski definition) is 4. The Morgan fingerprint density at radius 3 is 1.28 bits per heavy atom. The summed E-state index contributed by atoms with van der Waals surface area (Å²) in [5, 5.41) is 0. The SMILES string of the molecule is C=C[Si](C)(O[Si](C)(C)O[Si](C)(C)C)O[Si](CCC(F)(F)F)(CCC(F)(F)F)O[Si](C)(C)C. The highest BCUT2D eigenvalue weighted by atomic mass is 28.5. The fourth-order valence-corrected chi connectivity index (χ4v) is 26.0. The topological polar surface area (TPSA) is 36.9 Å². The van der Waals surface area contributed by atoms with Crippen molar-refractivity contribution in [3.8, 4) is 0 Å². The van der Waals surface area contributed by atoms with E-state index >= 15 is 0 Å². The molecule has 1 unspecified atom stereocenters. The van der Waals surface area contributed by atoms with Crippen molar-refractivity contribution in [3.63, 3.8) is 0 Å². The zero-order chi connectivity index (χ0) is 25.9.